The average Bonchev–Trinajstić information content (AvgIpc) is 3.38. The average molecular weight is 337 g/mol. The first-order chi connectivity index (χ1) is 11.7. The lowest BCUT2D eigenvalue weighted by molar-refractivity contribution is 0.242. The maximum Gasteiger partial charge on any atom is 0.137 e. The summed E-state index contributed by atoms with van der Waals surface area (Å²) in [6.07, 6.45) is 6.26. The number of halogens is 1. The molecule has 0 aliphatic heterocycles. The number of hydrogen-bond donors (Lipinski definition) is 0. The summed E-state index contributed by atoms with van der Waals surface area (Å²) in [5.41, 5.74) is 3.91. The van der Waals surface area contributed by atoms with E-state index in [-0.39, 0.29) is 0 Å². The summed E-state index contributed by atoms with van der Waals surface area (Å²) in [7, 11) is 0. The third-order valence-electron chi connectivity index (χ3n) is 4.44. The molecule has 1 saturated carbocycles. The van der Waals surface area contributed by atoms with Crippen molar-refractivity contribution in [1.82, 2.24) is 14.3 Å². The first kappa shape index (κ1) is 15.2. The summed E-state index contributed by atoms with van der Waals surface area (Å²) < 4.78 is 2.02. The summed E-state index contributed by atoms with van der Waals surface area (Å²) in [5.74, 6) is 0. The molecule has 3 aromatic rings. The molecule has 1 aliphatic rings. The molecule has 0 atom stereocenters. The molecule has 1 fully saturated rings. The number of hydrogen-bond acceptors (Lipinski definition) is 3. The van der Waals surface area contributed by atoms with E-state index >= 15 is 0 Å². The van der Waals surface area contributed by atoms with Crippen LogP contribution in [0.2, 0.25) is 5.02 Å². The second kappa shape index (κ2) is 6.27. The lowest BCUT2D eigenvalue weighted by atomic mass is 10.2. The van der Waals surface area contributed by atoms with E-state index in [9.17, 15) is 0 Å². The van der Waals surface area contributed by atoms with Gasteiger partial charge in [0.1, 0.15) is 11.7 Å². The van der Waals surface area contributed by atoms with Crippen LogP contribution in [0.4, 0.5) is 0 Å². The number of pyridine rings is 1. The molecule has 0 saturated heterocycles. The van der Waals surface area contributed by atoms with E-state index in [1.54, 1.807) is 6.07 Å². The molecule has 0 unspecified atom stereocenters. The van der Waals surface area contributed by atoms with Gasteiger partial charge in [0.15, 0.2) is 0 Å². The van der Waals surface area contributed by atoms with Gasteiger partial charge in [-0.1, -0.05) is 23.7 Å². The van der Waals surface area contributed by atoms with Gasteiger partial charge < -0.3 is 4.40 Å². The highest BCUT2D eigenvalue weighted by Crippen LogP contribution is 2.30. The van der Waals surface area contributed by atoms with Crippen molar-refractivity contribution in [3.05, 3.63) is 70.6 Å². The fourth-order valence-corrected chi connectivity index (χ4v) is 3.13. The molecule has 1 aliphatic carbocycles. The van der Waals surface area contributed by atoms with Crippen LogP contribution >= 0.6 is 11.6 Å². The van der Waals surface area contributed by atoms with Crippen LogP contribution in [-0.4, -0.2) is 20.3 Å². The Bertz CT molecular complexity index is 903. The number of benzene rings is 1. The molecule has 24 heavy (non-hydrogen) atoms. The van der Waals surface area contributed by atoms with E-state index in [1.165, 1.54) is 18.4 Å². The molecule has 1 aromatic carbocycles. The van der Waals surface area contributed by atoms with Crippen molar-refractivity contribution in [3.63, 3.8) is 0 Å². The van der Waals surface area contributed by atoms with E-state index in [0.717, 1.165) is 29.5 Å². The molecule has 5 heteroatoms. The Morgan fingerprint density at radius 2 is 1.96 bits per heavy atom. The van der Waals surface area contributed by atoms with E-state index in [0.29, 0.717) is 11.6 Å². The Morgan fingerprint density at radius 1 is 1.17 bits per heavy atom. The minimum absolute atomic E-state index is 0.630. The van der Waals surface area contributed by atoms with Gasteiger partial charge >= 0.3 is 0 Å². The van der Waals surface area contributed by atoms with Gasteiger partial charge in [0.05, 0.1) is 17.5 Å². The van der Waals surface area contributed by atoms with Gasteiger partial charge in [0.25, 0.3) is 0 Å². The van der Waals surface area contributed by atoms with Gasteiger partial charge in [-0.25, -0.2) is 4.98 Å². The Morgan fingerprint density at radius 3 is 2.67 bits per heavy atom. The summed E-state index contributed by atoms with van der Waals surface area (Å²) >= 11 is 5.98. The van der Waals surface area contributed by atoms with Gasteiger partial charge in [-0.05, 0) is 42.7 Å². The van der Waals surface area contributed by atoms with Crippen LogP contribution in [0.25, 0.3) is 5.65 Å². The Kier molecular flexibility index (Phi) is 3.97. The smallest absolute Gasteiger partial charge is 0.137 e. The molecule has 120 valence electrons. The van der Waals surface area contributed by atoms with Crippen molar-refractivity contribution in [2.24, 2.45) is 0 Å². The first-order valence-electron chi connectivity index (χ1n) is 8.07. The van der Waals surface area contributed by atoms with Crippen LogP contribution in [0.5, 0.6) is 0 Å². The second-order valence-electron chi connectivity index (χ2n) is 6.27. The van der Waals surface area contributed by atoms with Crippen LogP contribution in [0, 0.1) is 11.3 Å². The van der Waals surface area contributed by atoms with Gasteiger partial charge in [0.2, 0.25) is 0 Å². The van der Waals surface area contributed by atoms with Crippen molar-refractivity contribution in [2.75, 3.05) is 0 Å². The second-order valence-corrected chi connectivity index (χ2v) is 6.71. The first-order valence-corrected chi connectivity index (χ1v) is 8.45. The number of rotatable bonds is 5. The SMILES string of the molecule is N#Cc1ccc2ncc(CN(Cc3ccc(Cl)cc3)C3CC3)n2c1. The summed E-state index contributed by atoms with van der Waals surface area (Å²) in [6, 6.07) is 14.6. The Balaban J connectivity index is 1.59. The molecule has 4 rings (SSSR count). The van der Waals surface area contributed by atoms with Crippen molar-refractivity contribution in [3.8, 4) is 6.07 Å². The lowest BCUT2D eigenvalue weighted by Gasteiger charge is -2.22. The van der Waals surface area contributed by atoms with Crippen LogP contribution in [-0.2, 0) is 13.1 Å². The zero-order valence-electron chi connectivity index (χ0n) is 13.2. The highest BCUT2D eigenvalue weighted by Gasteiger charge is 2.29. The standard InChI is InChI=1S/C19H17ClN4/c20-16-4-1-14(2-5-16)11-23(17-6-7-17)13-18-10-22-19-8-3-15(9-21)12-24(18)19/h1-5,8,10,12,17H,6-7,11,13H2. The minimum Gasteiger partial charge on any atom is -0.301 e. The van der Waals surface area contributed by atoms with Gasteiger partial charge in [-0.3, -0.25) is 4.90 Å². The van der Waals surface area contributed by atoms with Gasteiger partial charge in [0, 0.05) is 30.4 Å². The molecule has 4 nitrogen and oxygen atoms in total. The lowest BCUT2D eigenvalue weighted by Crippen LogP contribution is -2.25. The molecule has 0 radical (unpaired) electrons. The maximum atomic E-state index is 9.12. The zero-order valence-corrected chi connectivity index (χ0v) is 13.9. The third kappa shape index (κ3) is 3.14. The summed E-state index contributed by atoms with van der Waals surface area (Å²) in [6.45, 7) is 1.72. The van der Waals surface area contributed by atoms with Crippen molar-refractivity contribution in [2.45, 2.75) is 32.0 Å². The topological polar surface area (TPSA) is 44.3 Å². The molecular weight excluding hydrogens is 320 g/mol. The van der Waals surface area contributed by atoms with E-state index in [1.807, 2.05) is 35.0 Å². The highest BCUT2D eigenvalue weighted by atomic mass is 35.5. The predicted molar refractivity (Wildman–Crippen MR) is 93.6 cm³/mol. The fraction of sp³-hybridized carbons (Fsp3) is 0.263. The number of nitriles is 1. The van der Waals surface area contributed by atoms with Crippen molar-refractivity contribution >= 4 is 17.2 Å². The maximum absolute atomic E-state index is 9.12. The summed E-state index contributed by atoms with van der Waals surface area (Å²) in [5, 5.41) is 9.88. The third-order valence-corrected chi connectivity index (χ3v) is 4.69. The Hall–Kier alpha value is -2.35. The van der Waals surface area contributed by atoms with Crippen LogP contribution in [0.15, 0.2) is 48.8 Å². The largest absolute Gasteiger partial charge is 0.301 e. The molecule has 0 amide bonds. The van der Waals surface area contributed by atoms with E-state index in [2.05, 4.69) is 28.1 Å². The summed E-state index contributed by atoms with van der Waals surface area (Å²) in [4.78, 5) is 6.93. The fourth-order valence-electron chi connectivity index (χ4n) is 3.00. The Labute approximate surface area is 145 Å². The van der Waals surface area contributed by atoms with E-state index < -0.39 is 0 Å². The van der Waals surface area contributed by atoms with Crippen LogP contribution in [0.3, 0.4) is 0 Å². The van der Waals surface area contributed by atoms with Crippen molar-refractivity contribution in [1.29, 1.82) is 5.26 Å². The monoisotopic (exact) mass is 336 g/mol. The molecule has 0 bridgehead atoms. The predicted octanol–water partition coefficient (Wildman–Crippen LogP) is 4.02. The molecular formula is C19H17ClN4. The molecule has 0 spiro atoms. The normalized spacial score (nSPS) is 14.2. The number of aromatic nitrogens is 2. The molecule has 2 heterocycles. The quantitative estimate of drug-likeness (QED) is 0.706. The number of fused-ring (bicyclic) bond motifs is 1. The van der Waals surface area contributed by atoms with Crippen LogP contribution < -0.4 is 0 Å². The zero-order chi connectivity index (χ0) is 16.5. The minimum atomic E-state index is 0.630. The van der Waals surface area contributed by atoms with Crippen molar-refractivity contribution < 1.29 is 0 Å². The molecule has 0 N–H and O–H groups in total. The van der Waals surface area contributed by atoms with Gasteiger partial charge in [-0.15, -0.1) is 0 Å². The highest BCUT2D eigenvalue weighted by molar-refractivity contribution is 6.30. The van der Waals surface area contributed by atoms with Gasteiger partial charge in [-0.2, -0.15) is 5.26 Å². The number of imidazole rings is 1. The van der Waals surface area contributed by atoms with Crippen LogP contribution in [0.1, 0.15) is 29.7 Å². The van der Waals surface area contributed by atoms with E-state index in [4.69, 9.17) is 16.9 Å². The molecule has 2 aromatic heterocycles. The number of nitrogens with zero attached hydrogens (tertiary/aromatic N) is 4.